The first kappa shape index (κ1) is 20.3. The van der Waals surface area contributed by atoms with Gasteiger partial charge in [0.25, 0.3) is 11.5 Å². The number of hydrogen-bond acceptors (Lipinski definition) is 5. The van der Waals surface area contributed by atoms with Crippen LogP contribution in [0.5, 0.6) is 5.75 Å². The van der Waals surface area contributed by atoms with Gasteiger partial charge in [-0.15, -0.1) is 11.3 Å². The number of fused-ring (bicyclic) bond motifs is 1. The van der Waals surface area contributed by atoms with Gasteiger partial charge in [0, 0.05) is 18.0 Å². The lowest BCUT2D eigenvalue weighted by Crippen LogP contribution is -2.29. The summed E-state index contributed by atoms with van der Waals surface area (Å²) in [7, 11) is 0. The van der Waals surface area contributed by atoms with Crippen molar-refractivity contribution in [1.29, 1.82) is 0 Å². The van der Waals surface area contributed by atoms with Gasteiger partial charge in [0.2, 0.25) is 0 Å². The highest BCUT2D eigenvalue weighted by Crippen LogP contribution is 2.28. The molecule has 0 radical (unpaired) electrons. The van der Waals surface area contributed by atoms with E-state index in [1.807, 2.05) is 49.9 Å². The average molecular weight is 424 g/mol. The first-order valence-electron chi connectivity index (χ1n) is 10.2. The van der Waals surface area contributed by atoms with Gasteiger partial charge in [-0.05, 0) is 62.9 Å². The van der Waals surface area contributed by atoms with Crippen molar-refractivity contribution in [2.75, 3.05) is 19.7 Å². The lowest BCUT2D eigenvalue weighted by atomic mass is 10.1. The Bertz CT molecular complexity index is 1170. The largest absolute Gasteiger partial charge is 0.494 e. The summed E-state index contributed by atoms with van der Waals surface area (Å²) in [5, 5.41) is 0.607. The average Bonchev–Trinajstić information content (AvgIpc) is 3.36. The lowest BCUT2D eigenvalue weighted by Gasteiger charge is -2.17. The van der Waals surface area contributed by atoms with Gasteiger partial charge in [-0.2, -0.15) is 0 Å². The van der Waals surface area contributed by atoms with Crippen molar-refractivity contribution in [1.82, 2.24) is 14.9 Å². The monoisotopic (exact) mass is 423 g/mol. The predicted molar refractivity (Wildman–Crippen MR) is 121 cm³/mol. The molecule has 4 rings (SSSR count). The van der Waals surface area contributed by atoms with Gasteiger partial charge in [-0.25, -0.2) is 4.98 Å². The minimum absolute atomic E-state index is 0.103. The minimum atomic E-state index is -0.205. The zero-order chi connectivity index (χ0) is 21.3. The van der Waals surface area contributed by atoms with Crippen LogP contribution in [0.1, 0.15) is 41.6 Å². The number of hydrogen-bond donors (Lipinski definition) is 1. The number of thiophene rings is 1. The Morgan fingerprint density at radius 2 is 1.93 bits per heavy atom. The second-order valence-electron chi connectivity index (χ2n) is 7.44. The summed E-state index contributed by atoms with van der Waals surface area (Å²) < 4.78 is 5.50. The fourth-order valence-electron chi connectivity index (χ4n) is 3.70. The molecule has 1 saturated heterocycles. The number of aromatic amines is 1. The maximum atomic E-state index is 13.3. The van der Waals surface area contributed by atoms with Crippen LogP contribution < -0.4 is 10.3 Å². The molecular weight excluding hydrogens is 398 g/mol. The van der Waals surface area contributed by atoms with Crippen LogP contribution in [0.2, 0.25) is 0 Å². The molecule has 0 bridgehead atoms. The Balaban J connectivity index is 1.82. The smallest absolute Gasteiger partial charge is 0.260 e. The fraction of sp³-hybridized carbons (Fsp3) is 0.348. The van der Waals surface area contributed by atoms with E-state index in [4.69, 9.17) is 4.74 Å². The van der Waals surface area contributed by atoms with E-state index in [9.17, 15) is 9.59 Å². The Morgan fingerprint density at radius 3 is 2.60 bits per heavy atom. The molecule has 0 aliphatic carbocycles. The van der Waals surface area contributed by atoms with Crippen molar-refractivity contribution in [3.05, 3.63) is 56.4 Å². The minimum Gasteiger partial charge on any atom is -0.494 e. The van der Waals surface area contributed by atoms with Gasteiger partial charge in [-0.3, -0.25) is 9.59 Å². The number of nitrogens with one attached hydrogen (secondary N) is 1. The molecule has 6 nitrogen and oxygen atoms in total. The maximum absolute atomic E-state index is 13.3. The van der Waals surface area contributed by atoms with Gasteiger partial charge in [-0.1, -0.05) is 12.1 Å². The molecule has 1 fully saturated rings. The Labute approximate surface area is 179 Å². The molecule has 3 aromatic rings. The first-order chi connectivity index (χ1) is 14.5. The zero-order valence-corrected chi connectivity index (χ0v) is 18.3. The molecule has 1 aliphatic rings. The Hall–Kier alpha value is -2.93. The van der Waals surface area contributed by atoms with Crippen molar-refractivity contribution >= 4 is 39.1 Å². The summed E-state index contributed by atoms with van der Waals surface area (Å²) in [5.41, 5.74) is 1.99. The molecule has 1 N–H and O–H groups in total. The number of carbonyl (C=O) groups is 1. The van der Waals surface area contributed by atoms with E-state index in [0.29, 0.717) is 28.2 Å². The fourth-order valence-corrected chi connectivity index (χ4v) is 4.73. The second kappa shape index (κ2) is 8.44. The van der Waals surface area contributed by atoms with Crippen LogP contribution in [0, 0.1) is 13.8 Å². The number of ether oxygens (including phenoxy) is 1. The lowest BCUT2D eigenvalue weighted by molar-refractivity contribution is -0.123. The molecule has 30 heavy (non-hydrogen) atoms. The van der Waals surface area contributed by atoms with Crippen LogP contribution in [-0.4, -0.2) is 40.5 Å². The first-order valence-corrected chi connectivity index (χ1v) is 11.0. The summed E-state index contributed by atoms with van der Waals surface area (Å²) in [5.74, 6) is 0.993. The number of nitrogens with zero attached hydrogens (tertiary/aromatic N) is 2. The number of likely N-dealkylation sites (tertiary alicyclic amines) is 1. The van der Waals surface area contributed by atoms with Crippen LogP contribution in [0.25, 0.3) is 21.9 Å². The van der Waals surface area contributed by atoms with Gasteiger partial charge in [0.05, 0.1) is 17.6 Å². The molecule has 7 heteroatoms. The van der Waals surface area contributed by atoms with E-state index >= 15 is 0 Å². The molecule has 1 amide bonds. The van der Waals surface area contributed by atoms with E-state index in [1.165, 1.54) is 11.3 Å². The number of benzene rings is 1. The summed E-state index contributed by atoms with van der Waals surface area (Å²) in [6, 6.07) is 7.55. The van der Waals surface area contributed by atoms with Crippen molar-refractivity contribution in [3.63, 3.8) is 0 Å². The SMILES string of the molecule is CCOc1ccc(/C=C(/C(=O)N2CCCC2)c2nc3sc(C)c(C)c3c(=O)[nH]2)cc1. The summed E-state index contributed by atoms with van der Waals surface area (Å²) in [6.45, 7) is 7.89. The third kappa shape index (κ3) is 3.89. The second-order valence-corrected chi connectivity index (χ2v) is 8.64. The van der Waals surface area contributed by atoms with Gasteiger partial charge >= 0.3 is 0 Å². The number of carbonyl (C=O) groups excluding carboxylic acids is 1. The number of aromatic nitrogens is 2. The predicted octanol–water partition coefficient (Wildman–Crippen LogP) is 4.16. The van der Waals surface area contributed by atoms with Gasteiger partial charge < -0.3 is 14.6 Å². The Kier molecular flexibility index (Phi) is 5.72. The number of rotatable bonds is 5. The zero-order valence-electron chi connectivity index (χ0n) is 17.4. The maximum Gasteiger partial charge on any atom is 0.260 e. The summed E-state index contributed by atoms with van der Waals surface area (Å²) >= 11 is 1.48. The molecule has 156 valence electrons. The van der Waals surface area contributed by atoms with Crippen LogP contribution in [0.3, 0.4) is 0 Å². The van der Waals surface area contributed by atoms with Crippen molar-refractivity contribution in [2.24, 2.45) is 0 Å². The third-order valence-electron chi connectivity index (χ3n) is 5.42. The van der Waals surface area contributed by atoms with Crippen LogP contribution >= 0.6 is 11.3 Å². The van der Waals surface area contributed by atoms with Crippen molar-refractivity contribution < 1.29 is 9.53 Å². The van der Waals surface area contributed by atoms with E-state index < -0.39 is 0 Å². The number of aryl methyl sites for hydroxylation is 2. The van der Waals surface area contributed by atoms with Crippen LogP contribution in [-0.2, 0) is 4.79 Å². The van der Waals surface area contributed by atoms with Crippen LogP contribution in [0.15, 0.2) is 29.1 Å². The third-order valence-corrected chi connectivity index (χ3v) is 6.52. The number of amides is 1. The highest BCUT2D eigenvalue weighted by atomic mass is 32.1. The molecule has 1 aliphatic heterocycles. The van der Waals surface area contributed by atoms with Gasteiger partial charge in [0.15, 0.2) is 0 Å². The molecule has 2 aromatic heterocycles. The highest BCUT2D eigenvalue weighted by Gasteiger charge is 2.25. The normalized spacial score (nSPS) is 14.5. The molecule has 0 unspecified atom stereocenters. The van der Waals surface area contributed by atoms with E-state index in [0.717, 1.165) is 47.7 Å². The molecule has 0 saturated carbocycles. The van der Waals surface area contributed by atoms with E-state index in [2.05, 4.69) is 9.97 Å². The van der Waals surface area contributed by atoms with Gasteiger partial charge in [0.1, 0.15) is 16.4 Å². The molecule has 1 aromatic carbocycles. The molecular formula is C23H25N3O3S. The van der Waals surface area contributed by atoms with E-state index in [-0.39, 0.29) is 11.5 Å². The Morgan fingerprint density at radius 1 is 1.23 bits per heavy atom. The van der Waals surface area contributed by atoms with Crippen LogP contribution in [0.4, 0.5) is 0 Å². The number of H-pyrrole nitrogens is 1. The topological polar surface area (TPSA) is 75.3 Å². The highest BCUT2D eigenvalue weighted by molar-refractivity contribution is 7.18. The molecule has 0 atom stereocenters. The molecule has 0 spiro atoms. The standard InChI is InChI=1S/C23H25N3O3S/c1-4-29-17-9-7-16(8-10-17)13-18(23(28)26-11-5-6-12-26)20-24-21(27)19-14(2)15(3)30-22(19)25-20/h7-10,13H,4-6,11-12H2,1-3H3,(H,24,25,27)/b18-13+. The quantitative estimate of drug-likeness (QED) is 0.625. The summed E-state index contributed by atoms with van der Waals surface area (Å²) in [6.07, 6.45) is 3.79. The summed E-state index contributed by atoms with van der Waals surface area (Å²) in [4.78, 5) is 37.2. The van der Waals surface area contributed by atoms with Crippen molar-refractivity contribution in [3.8, 4) is 5.75 Å². The molecule has 3 heterocycles. The van der Waals surface area contributed by atoms with E-state index in [1.54, 1.807) is 6.08 Å². The van der Waals surface area contributed by atoms with Crippen molar-refractivity contribution in [2.45, 2.75) is 33.6 Å².